The second kappa shape index (κ2) is 5.88. The largest absolute Gasteiger partial charge is 0.379 e. The van der Waals surface area contributed by atoms with Gasteiger partial charge in [-0.2, -0.15) is 0 Å². The van der Waals surface area contributed by atoms with E-state index in [1.807, 2.05) is 32.0 Å². The lowest BCUT2D eigenvalue weighted by Crippen LogP contribution is -2.50. The van der Waals surface area contributed by atoms with Crippen LogP contribution in [-0.2, 0) is 24.1 Å². The summed E-state index contributed by atoms with van der Waals surface area (Å²) in [7, 11) is -0.480. The van der Waals surface area contributed by atoms with E-state index in [9.17, 15) is 13.2 Å². The first kappa shape index (κ1) is 17.7. The van der Waals surface area contributed by atoms with Gasteiger partial charge in [0.1, 0.15) is 0 Å². The van der Waals surface area contributed by atoms with Gasteiger partial charge in [-0.25, -0.2) is 13.2 Å². The topological polar surface area (TPSA) is 76.3 Å². The van der Waals surface area contributed by atoms with Crippen LogP contribution < -0.4 is 15.3 Å². The zero-order valence-corrected chi connectivity index (χ0v) is 16.5. The van der Waals surface area contributed by atoms with Crippen molar-refractivity contribution in [3.63, 3.8) is 0 Å². The summed E-state index contributed by atoms with van der Waals surface area (Å²) in [4.78, 5) is 12.3. The minimum absolute atomic E-state index is 0.0421. The predicted octanol–water partition coefficient (Wildman–Crippen LogP) is 2.27. The van der Waals surface area contributed by atoms with Crippen LogP contribution in [0.3, 0.4) is 0 Å². The van der Waals surface area contributed by atoms with Crippen LogP contribution in [0.2, 0.25) is 0 Å². The zero-order valence-electron chi connectivity index (χ0n) is 15.7. The average molecular weight is 386 g/mol. The molecule has 0 aliphatic carbocycles. The van der Waals surface area contributed by atoms with Gasteiger partial charge in [0.2, 0.25) is 0 Å². The van der Waals surface area contributed by atoms with Crippen molar-refractivity contribution >= 4 is 32.4 Å². The van der Waals surface area contributed by atoms with E-state index in [1.165, 1.54) is 13.4 Å². The Bertz CT molecular complexity index is 1210. The van der Waals surface area contributed by atoms with Crippen LogP contribution in [0.25, 0.3) is 11.0 Å². The molecule has 3 aromatic rings. The highest BCUT2D eigenvalue weighted by Gasteiger charge is 2.37. The van der Waals surface area contributed by atoms with E-state index in [2.05, 4.69) is 5.32 Å². The van der Waals surface area contributed by atoms with Gasteiger partial charge in [-0.1, -0.05) is 12.1 Å². The summed E-state index contributed by atoms with van der Waals surface area (Å²) in [6, 6.07) is 11.9. The number of benzene rings is 2. The van der Waals surface area contributed by atoms with Gasteiger partial charge in [-0.05, 0) is 44.2 Å². The van der Waals surface area contributed by atoms with Crippen LogP contribution in [0.15, 0.2) is 52.2 Å². The molecule has 0 radical (unpaired) electrons. The molecule has 0 fully saturated rings. The number of sulfonamides is 1. The third kappa shape index (κ3) is 2.47. The molecule has 2 unspecified atom stereocenters. The van der Waals surface area contributed by atoms with E-state index in [0.29, 0.717) is 16.7 Å². The number of fused-ring (bicyclic) bond motifs is 2. The third-order valence-electron chi connectivity index (χ3n) is 5.42. The minimum Gasteiger partial charge on any atom is -0.379 e. The molecule has 1 N–H and O–H groups in total. The second-order valence-electron chi connectivity index (χ2n) is 7.04. The smallest absolute Gasteiger partial charge is 0.328 e. The first-order valence-electron chi connectivity index (χ1n) is 8.79. The molecule has 1 aromatic heterocycles. The quantitative estimate of drug-likeness (QED) is 0.733. The molecule has 0 bridgehead atoms. The van der Waals surface area contributed by atoms with Gasteiger partial charge in [0.05, 0.1) is 33.3 Å². The van der Waals surface area contributed by atoms with Crippen molar-refractivity contribution in [1.29, 1.82) is 0 Å². The van der Waals surface area contributed by atoms with E-state index in [4.69, 9.17) is 0 Å². The molecule has 0 spiro atoms. The number of rotatable bonds is 2. The molecule has 1 aliphatic rings. The summed E-state index contributed by atoms with van der Waals surface area (Å²) in [5, 5.41) is 3.36. The van der Waals surface area contributed by atoms with E-state index in [1.54, 1.807) is 38.4 Å². The molecule has 2 aromatic carbocycles. The number of nitrogens with zero attached hydrogens (tertiary/aromatic N) is 3. The molecule has 1 aliphatic heterocycles. The SMILES string of the molecule is CC1Nc2ccccc2N(S(=O)(=O)c2ccc3c(c2)n(C)c(=O)n3C)C1C. The maximum atomic E-state index is 13.6. The van der Waals surface area contributed by atoms with Crippen LogP contribution in [-0.4, -0.2) is 29.6 Å². The lowest BCUT2D eigenvalue weighted by molar-refractivity contribution is 0.559. The van der Waals surface area contributed by atoms with Crippen molar-refractivity contribution in [2.24, 2.45) is 14.1 Å². The van der Waals surface area contributed by atoms with Crippen LogP contribution in [0, 0.1) is 0 Å². The van der Waals surface area contributed by atoms with Gasteiger partial charge in [-0.15, -0.1) is 0 Å². The minimum atomic E-state index is -3.80. The van der Waals surface area contributed by atoms with Gasteiger partial charge >= 0.3 is 5.69 Å². The number of aromatic nitrogens is 2. The number of hydrogen-bond acceptors (Lipinski definition) is 4. The number of anilines is 2. The van der Waals surface area contributed by atoms with Crippen LogP contribution >= 0.6 is 0 Å². The molecule has 0 amide bonds. The number of nitrogens with one attached hydrogen (secondary N) is 1. The number of para-hydroxylation sites is 2. The van der Waals surface area contributed by atoms with E-state index >= 15 is 0 Å². The molecule has 4 rings (SSSR count). The Hall–Kier alpha value is -2.74. The van der Waals surface area contributed by atoms with Gasteiger partial charge in [-0.3, -0.25) is 13.4 Å². The Kier molecular flexibility index (Phi) is 3.85. The van der Waals surface area contributed by atoms with Crippen LogP contribution in [0.4, 0.5) is 11.4 Å². The molecule has 142 valence electrons. The summed E-state index contributed by atoms with van der Waals surface area (Å²) in [5.41, 5.74) is 2.52. The fourth-order valence-electron chi connectivity index (χ4n) is 3.69. The summed E-state index contributed by atoms with van der Waals surface area (Å²) in [5.74, 6) is 0. The Labute approximate surface area is 157 Å². The molecule has 27 heavy (non-hydrogen) atoms. The third-order valence-corrected chi connectivity index (χ3v) is 7.32. The maximum Gasteiger partial charge on any atom is 0.328 e. The van der Waals surface area contributed by atoms with E-state index in [0.717, 1.165) is 5.69 Å². The molecule has 2 heterocycles. The monoisotopic (exact) mass is 386 g/mol. The maximum absolute atomic E-state index is 13.6. The van der Waals surface area contributed by atoms with Gasteiger partial charge in [0, 0.05) is 20.1 Å². The Morgan fingerprint density at radius 1 is 0.963 bits per heavy atom. The van der Waals surface area contributed by atoms with Gasteiger partial charge in [0.25, 0.3) is 10.0 Å². The number of imidazole rings is 1. The first-order valence-corrected chi connectivity index (χ1v) is 10.2. The van der Waals surface area contributed by atoms with Crippen molar-refractivity contribution in [2.45, 2.75) is 30.8 Å². The predicted molar refractivity (Wildman–Crippen MR) is 107 cm³/mol. The van der Waals surface area contributed by atoms with Crippen LogP contribution in [0.5, 0.6) is 0 Å². The highest BCUT2D eigenvalue weighted by atomic mass is 32.2. The molecule has 0 saturated heterocycles. The summed E-state index contributed by atoms with van der Waals surface area (Å²) in [6.45, 7) is 3.86. The second-order valence-corrected chi connectivity index (χ2v) is 8.86. The van der Waals surface area contributed by atoms with Crippen LogP contribution in [0.1, 0.15) is 13.8 Å². The summed E-state index contributed by atoms with van der Waals surface area (Å²) in [6.07, 6.45) is 0. The standard InChI is InChI=1S/C19H22N4O3S/c1-12-13(2)23(16-8-6-5-7-15(16)20-12)27(25,26)14-9-10-17-18(11-14)22(4)19(24)21(17)3/h5-13,20H,1-4H3. The van der Waals surface area contributed by atoms with Crippen molar-refractivity contribution in [3.8, 4) is 0 Å². The molecular formula is C19H22N4O3S. The van der Waals surface area contributed by atoms with E-state index < -0.39 is 10.0 Å². The average Bonchev–Trinajstić information content (AvgIpc) is 2.86. The summed E-state index contributed by atoms with van der Waals surface area (Å²) < 4.78 is 31.6. The molecule has 2 atom stereocenters. The molecule has 7 nitrogen and oxygen atoms in total. The van der Waals surface area contributed by atoms with Gasteiger partial charge < -0.3 is 5.32 Å². The fraction of sp³-hybridized carbons (Fsp3) is 0.316. The molecule has 0 saturated carbocycles. The first-order chi connectivity index (χ1) is 12.7. The zero-order chi connectivity index (χ0) is 19.5. The molecular weight excluding hydrogens is 364 g/mol. The number of hydrogen-bond donors (Lipinski definition) is 1. The highest BCUT2D eigenvalue weighted by molar-refractivity contribution is 7.92. The normalized spacial score (nSPS) is 19.8. The lowest BCUT2D eigenvalue weighted by atomic mass is 10.1. The Balaban J connectivity index is 1.92. The Morgan fingerprint density at radius 3 is 2.37 bits per heavy atom. The Morgan fingerprint density at radius 2 is 1.63 bits per heavy atom. The van der Waals surface area contributed by atoms with Crippen molar-refractivity contribution in [3.05, 3.63) is 52.9 Å². The van der Waals surface area contributed by atoms with Crippen molar-refractivity contribution < 1.29 is 8.42 Å². The lowest BCUT2D eigenvalue weighted by Gasteiger charge is -2.40. The van der Waals surface area contributed by atoms with Gasteiger partial charge in [0.15, 0.2) is 0 Å². The highest BCUT2D eigenvalue weighted by Crippen LogP contribution is 2.38. The van der Waals surface area contributed by atoms with Crippen molar-refractivity contribution in [2.75, 3.05) is 9.62 Å². The van der Waals surface area contributed by atoms with E-state index in [-0.39, 0.29) is 22.7 Å². The number of aryl methyl sites for hydroxylation is 2. The molecule has 8 heteroatoms. The fourth-order valence-corrected chi connectivity index (χ4v) is 5.45. The van der Waals surface area contributed by atoms with Crippen molar-refractivity contribution in [1.82, 2.24) is 9.13 Å². The summed E-state index contributed by atoms with van der Waals surface area (Å²) >= 11 is 0.